The van der Waals surface area contributed by atoms with Crippen LogP contribution in [0.25, 0.3) is 0 Å². The number of rotatable bonds is 4. The van der Waals surface area contributed by atoms with Crippen LogP contribution in [0.1, 0.15) is 11.4 Å². The third-order valence-corrected chi connectivity index (χ3v) is 1.76. The quantitative estimate of drug-likeness (QED) is 0.701. The van der Waals surface area contributed by atoms with E-state index in [4.69, 9.17) is 5.11 Å². The van der Waals surface area contributed by atoms with Gasteiger partial charge in [-0.25, -0.2) is 4.98 Å². The molecule has 0 aliphatic heterocycles. The minimum Gasteiger partial charge on any atom is -0.480 e. The third kappa shape index (κ3) is 2.87. The van der Waals surface area contributed by atoms with E-state index in [1.54, 1.807) is 18.3 Å². The molecule has 0 saturated carbocycles. The maximum Gasteiger partial charge on any atom is 0.317 e. The summed E-state index contributed by atoms with van der Waals surface area (Å²) >= 11 is 0. The summed E-state index contributed by atoms with van der Waals surface area (Å²) < 4.78 is 0. The summed E-state index contributed by atoms with van der Waals surface area (Å²) in [5.41, 5.74) is 1.88. The topological polar surface area (TPSA) is 69.2 Å². The van der Waals surface area contributed by atoms with E-state index in [0.29, 0.717) is 6.54 Å². The first-order chi connectivity index (χ1) is 6.09. The highest BCUT2D eigenvalue weighted by Crippen LogP contribution is 2.03. The lowest BCUT2D eigenvalue weighted by Gasteiger charge is -2.12. The number of hydrogen-bond donors (Lipinski definition) is 2. The van der Waals surface area contributed by atoms with Crippen LogP contribution in [0.4, 0.5) is 0 Å². The van der Waals surface area contributed by atoms with Gasteiger partial charge in [0.15, 0.2) is 0 Å². The normalized spacial score (nSPS) is 10.7. The average Bonchev–Trinajstić information content (AvgIpc) is 2.34. The monoisotopic (exact) mass is 183 g/mol. The number of aliphatic carboxylic acids is 1. The van der Waals surface area contributed by atoms with Crippen molar-refractivity contribution < 1.29 is 9.90 Å². The molecule has 0 spiro atoms. The number of nitrogens with one attached hydrogen (secondary N) is 1. The second kappa shape index (κ2) is 4.04. The Labute approximate surface area is 76.4 Å². The molecule has 1 aromatic heterocycles. The lowest BCUT2D eigenvalue weighted by Crippen LogP contribution is -2.25. The van der Waals surface area contributed by atoms with E-state index in [-0.39, 0.29) is 6.54 Å². The number of H-pyrrole nitrogens is 1. The predicted molar refractivity (Wildman–Crippen MR) is 47.3 cm³/mol. The van der Waals surface area contributed by atoms with E-state index >= 15 is 0 Å². The molecule has 0 aromatic carbocycles. The summed E-state index contributed by atoms with van der Waals surface area (Å²) in [6, 6.07) is 0. The molecule has 0 fully saturated rings. The van der Waals surface area contributed by atoms with Crippen molar-refractivity contribution >= 4 is 5.97 Å². The van der Waals surface area contributed by atoms with Gasteiger partial charge >= 0.3 is 5.97 Å². The number of aromatic amines is 1. The molecule has 5 nitrogen and oxygen atoms in total. The van der Waals surface area contributed by atoms with Gasteiger partial charge in [0.05, 0.1) is 18.6 Å². The number of aryl methyl sites for hydroxylation is 1. The largest absolute Gasteiger partial charge is 0.480 e. The van der Waals surface area contributed by atoms with Crippen molar-refractivity contribution in [1.29, 1.82) is 0 Å². The molecule has 1 aromatic rings. The van der Waals surface area contributed by atoms with Gasteiger partial charge in [0.2, 0.25) is 0 Å². The molecule has 0 amide bonds. The van der Waals surface area contributed by atoms with Crippen LogP contribution in [0, 0.1) is 6.92 Å². The number of nitrogens with zero attached hydrogens (tertiary/aromatic N) is 2. The molecule has 0 radical (unpaired) electrons. The Morgan fingerprint density at radius 1 is 1.77 bits per heavy atom. The van der Waals surface area contributed by atoms with E-state index in [0.717, 1.165) is 11.4 Å². The Bertz CT molecular complexity index is 295. The molecular weight excluding hydrogens is 170 g/mol. The van der Waals surface area contributed by atoms with Crippen LogP contribution in [0.5, 0.6) is 0 Å². The van der Waals surface area contributed by atoms with Crippen molar-refractivity contribution in [2.24, 2.45) is 0 Å². The Kier molecular flexibility index (Phi) is 3.02. The summed E-state index contributed by atoms with van der Waals surface area (Å²) in [6.45, 7) is 2.50. The van der Waals surface area contributed by atoms with Crippen molar-refractivity contribution in [3.8, 4) is 0 Å². The highest BCUT2D eigenvalue weighted by Gasteiger charge is 2.07. The van der Waals surface area contributed by atoms with Crippen molar-refractivity contribution in [1.82, 2.24) is 14.9 Å². The number of imidazole rings is 1. The maximum absolute atomic E-state index is 10.4. The van der Waals surface area contributed by atoms with Gasteiger partial charge in [0.1, 0.15) is 0 Å². The fourth-order valence-electron chi connectivity index (χ4n) is 1.09. The first-order valence-corrected chi connectivity index (χ1v) is 3.98. The number of carbonyl (C=O) groups is 1. The van der Waals surface area contributed by atoms with Crippen LogP contribution in [0.3, 0.4) is 0 Å². The summed E-state index contributed by atoms with van der Waals surface area (Å²) in [5.74, 6) is -0.823. The molecule has 5 heteroatoms. The highest BCUT2D eigenvalue weighted by atomic mass is 16.4. The molecule has 2 N–H and O–H groups in total. The zero-order valence-corrected chi connectivity index (χ0v) is 7.74. The number of likely N-dealkylation sites (N-methyl/N-ethyl adjacent to an activating group) is 1. The van der Waals surface area contributed by atoms with Gasteiger partial charge in [-0.1, -0.05) is 0 Å². The van der Waals surface area contributed by atoms with Crippen molar-refractivity contribution in [3.05, 3.63) is 17.7 Å². The molecule has 0 aliphatic carbocycles. The Morgan fingerprint density at radius 2 is 2.46 bits per heavy atom. The van der Waals surface area contributed by atoms with Gasteiger partial charge < -0.3 is 10.1 Å². The van der Waals surface area contributed by atoms with Gasteiger partial charge in [-0.2, -0.15) is 0 Å². The van der Waals surface area contributed by atoms with Crippen LogP contribution in [0.2, 0.25) is 0 Å². The molecule has 0 bridgehead atoms. The molecule has 0 saturated heterocycles. The van der Waals surface area contributed by atoms with Gasteiger partial charge in [-0.3, -0.25) is 9.69 Å². The van der Waals surface area contributed by atoms with Crippen LogP contribution in [-0.4, -0.2) is 39.5 Å². The lowest BCUT2D eigenvalue weighted by atomic mass is 10.3. The molecule has 0 atom stereocenters. The zero-order chi connectivity index (χ0) is 9.84. The fourth-order valence-corrected chi connectivity index (χ4v) is 1.09. The third-order valence-electron chi connectivity index (χ3n) is 1.76. The summed E-state index contributed by atoms with van der Waals surface area (Å²) in [5, 5.41) is 8.51. The summed E-state index contributed by atoms with van der Waals surface area (Å²) in [6.07, 6.45) is 1.61. The smallest absolute Gasteiger partial charge is 0.317 e. The maximum atomic E-state index is 10.4. The average molecular weight is 183 g/mol. The van der Waals surface area contributed by atoms with E-state index in [1.807, 2.05) is 6.92 Å². The number of carboxylic acid groups (broad SMARTS) is 1. The first kappa shape index (κ1) is 9.73. The van der Waals surface area contributed by atoms with Crippen molar-refractivity contribution in [3.63, 3.8) is 0 Å². The van der Waals surface area contributed by atoms with E-state index in [2.05, 4.69) is 9.97 Å². The van der Waals surface area contributed by atoms with Gasteiger partial charge in [0, 0.05) is 12.2 Å². The van der Waals surface area contributed by atoms with Gasteiger partial charge in [-0.15, -0.1) is 0 Å². The van der Waals surface area contributed by atoms with Crippen LogP contribution >= 0.6 is 0 Å². The fraction of sp³-hybridized carbons (Fsp3) is 0.500. The molecule has 1 rings (SSSR count). The molecule has 0 aliphatic rings. The number of hydrogen-bond acceptors (Lipinski definition) is 3. The van der Waals surface area contributed by atoms with E-state index in [1.165, 1.54) is 0 Å². The van der Waals surface area contributed by atoms with Gasteiger partial charge in [0.25, 0.3) is 0 Å². The number of carboxylic acids is 1. The Morgan fingerprint density at radius 3 is 2.92 bits per heavy atom. The van der Waals surface area contributed by atoms with Gasteiger partial charge in [-0.05, 0) is 14.0 Å². The van der Waals surface area contributed by atoms with Crippen molar-refractivity contribution in [2.75, 3.05) is 13.6 Å². The molecule has 0 unspecified atom stereocenters. The second-order valence-electron chi connectivity index (χ2n) is 3.04. The van der Waals surface area contributed by atoms with Crippen molar-refractivity contribution in [2.45, 2.75) is 13.5 Å². The molecule has 1 heterocycles. The number of aromatic nitrogens is 2. The minimum atomic E-state index is -0.823. The Hall–Kier alpha value is -1.36. The minimum absolute atomic E-state index is 0.0340. The molecular formula is C8H13N3O2. The lowest BCUT2D eigenvalue weighted by molar-refractivity contribution is -0.138. The summed E-state index contributed by atoms with van der Waals surface area (Å²) in [7, 11) is 1.75. The van der Waals surface area contributed by atoms with Crippen LogP contribution < -0.4 is 0 Å². The Balaban J connectivity index is 2.49. The zero-order valence-electron chi connectivity index (χ0n) is 7.74. The first-order valence-electron chi connectivity index (χ1n) is 3.98. The SMILES string of the molecule is Cc1[nH]cnc1CN(C)CC(=O)O. The molecule has 13 heavy (non-hydrogen) atoms. The van der Waals surface area contributed by atoms with E-state index in [9.17, 15) is 4.79 Å². The van der Waals surface area contributed by atoms with E-state index < -0.39 is 5.97 Å². The summed E-state index contributed by atoms with van der Waals surface area (Å²) in [4.78, 5) is 19.1. The molecule has 72 valence electrons. The standard InChI is InChI=1S/C8H13N3O2/c1-6-7(10-5-9-6)3-11(2)4-8(12)13/h5H,3-4H2,1-2H3,(H,9,10)(H,12,13). The van der Waals surface area contributed by atoms with Crippen LogP contribution in [0.15, 0.2) is 6.33 Å². The predicted octanol–water partition coefficient (Wildman–Crippen LogP) is 0.235. The second-order valence-corrected chi connectivity index (χ2v) is 3.04. The highest BCUT2D eigenvalue weighted by molar-refractivity contribution is 5.68. The van der Waals surface area contributed by atoms with Crippen LogP contribution in [-0.2, 0) is 11.3 Å².